The van der Waals surface area contributed by atoms with Gasteiger partial charge in [0.05, 0.1) is 22.5 Å². The minimum Gasteiger partial charge on any atom is -0.490 e. The summed E-state index contributed by atoms with van der Waals surface area (Å²) in [6.45, 7) is 4.05. The van der Waals surface area contributed by atoms with Crippen LogP contribution in [0.5, 0.6) is 5.75 Å². The molecule has 0 amide bonds. The molecule has 2 aliphatic carbocycles. The van der Waals surface area contributed by atoms with Crippen molar-refractivity contribution < 1.29 is 9.57 Å². The highest BCUT2D eigenvalue weighted by molar-refractivity contribution is 6.35. The molecule has 0 atom stereocenters. The van der Waals surface area contributed by atoms with Crippen molar-refractivity contribution in [1.82, 2.24) is 9.97 Å². The molecule has 1 heterocycles. The molecule has 0 saturated heterocycles. The predicted molar refractivity (Wildman–Crippen MR) is 114 cm³/mol. The molecular formula is C21H26ClN5O2. The predicted octanol–water partition coefficient (Wildman–Crippen LogP) is 3.67. The topological polar surface area (TPSA) is 109 Å². The zero-order valence-electron chi connectivity index (χ0n) is 16.9. The van der Waals surface area contributed by atoms with Gasteiger partial charge in [-0.1, -0.05) is 16.8 Å². The van der Waals surface area contributed by atoms with E-state index in [1.807, 2.05) is 26.0 Å². The summed E-state index contributed by atoms with van der Waals surface area (Å²) in [6, 6.07) is 4.07. The number of anilines is 1. The van der Waals surface area contributed by atoms with E-state index in [0.29, 0.717) is 28.0 Å². The van der Waals surface area contributed by atoms with Gasteiger partial charge in [0.1, 0.15) is 25.0 Å². The lowest BCUT2D eigenvalue weighted by Crippen LogP contribution is -2.36. The van der Waals surface area contributed by atoms with Crippen molar-refractivity contribution in [1.29, 1.82) is 0 Å². The third-order valence-electron chi connectivity index (χ3n) is 5.85. The van der Waals surface area contributed by atoms with E-state index in [9.17, 15) is 0 Å². The number of ether oxygens (including phenoxy) is 1. The van der Waals surface area contributed by atoms with Crippen molar-refractivity contribution in [2.75, 3.05) is 12.8 Å². The van der Waals surface area contributed by atoms with Crippen molar-refractivity contribution >= 4 is 23.1 Å². The molecule has 29 heavy (non-hydrogen) atoms. The van der Waals surface area contributed by atoms with E-state index in [4.69, 9.17) is 32.6 Å². The quantitative estimate of drug-likeness (QED) is 0.740. The maximum Gasteiger partial charge on any atom is 0.131 e. The van der Waals surface area contributed by atoms with Crippen molar-refractivity contribution in [2.24, 2.45) is 10.9 Å². The van der Waals surface area contributed by atoms with Gasteiger partial charge in [-0.15, -0.1) is 0 Å². The third kappa shape index (κ3) is 3.42. The molecule has 0 radical (unpaired) electrons. The number of nitrogens with two attached hydrogens (primary N) is 2. The van der Waals surface area contributed by atoms with E-state index in [1.165, 1.54) is 13.4 Å². The number of halogens is 1. The van der Waals surface area contributed by atoms with Gasteiger partial charge in [-0.25, -0.2) is 9.97 Å². The number of nitrogens with zero attached hydrogens (tertiary/aromatic N) is 3. The molecule has 2 aromatic rings. The summed E-state index contributed by atoms with van der Waals surface area (Å²) in [7, 11) is 1.52. The van der Waals surface area contributed by atoms with Gasteiger partial charge in [-0.3, -0.25) is 0 Å². The highest BCUT2D eigenvalue weighted by Crippen LogP contribution is 2.48. The average Bonchev–Trinajstić information content (AvgIpc) is 2.66. The zero-order chi connectivity index (χ0) is 20.8. The Labute approximate surface area is 175 Å². The third-order valence-corrected chi connectivity index (χ3v) is 6.15. The molecule has 1 aromatic carbocycles. The molecule has 0 bridgehead atoms. The molecule has 0 aliphatic heterocycles. The van der Waals surface area contributed by atoms with Gasteiger partial charge in [0, 0.05) is 28.1 Å². The summed E-state index contributed by atoms with van der Waals surface area (Å²) < 4.78 is 6.26. The van der Waals surface area contributed by atoms with Crippen LogP contribution in [0.2, 0.25) is 5.02 Å². The number of fused-ring (bicyclic) bond motifs is 3. The number of rotatable bonds is 3. The highest BCUT2D eigenvalue weighted by atomic mass is 35.5. The van der Waals surface area contributed by atoms with Gasteiger partial charge in [-0.05, 0) is 51.7 Å². The fraction of sp³-hybridized carbons (Fsp3) is 0.476. The average molecular weight is 416 g/mol. The summed E-state index contributed by atoms with van der Waals surface area (Å²) in [5.41, 5.74) is 15.5. The number of aromatic nitrogens is 2. The lowest BCUT2D eigenvalue weighted by atomic mass is 9.70. The van der Waals surface area contributed by atoms with Gasteiger partial charge in [-0.2, -0.15) is 0 Å². The van der Waals surface area contributed by atoms with Gasteiger partial charge in [0.2, 0.25) is 0 Å². The van der Waals surface area contributed by atoms with Crippen molar-refractivity contribution in [3.05, 3.63) is 34.6 Å². The Kier molecular flexibility index (Phi) is 5.12. The first-order chi connectivity index (χ1) is 13.8. The van der Waals surface area contributed by atoms with E-state index in [1.54, 1.807) is 0 Å². The molecule has 0 spiro atoms. The SMILES string of the molecule is CO/N=C1\c2cc(O[C@H]3CC[C@H](N)CC3)cc(Cl)c2-c2ncnc(N)c2C1(C)C. The van der Waals surface area contributed by atoms with E-state index in [2.05, 4.69) is 15.1 Å². The smallest absolute Gasteiger partial charge is 0.131 e. The summed E-state index contributed by atoms with van der Waals surface area (Å²) in [6.07, 6.45) is 5.40. The number of hydrogen-bond acceptors (Lipinski definition) is 7. The van der Waals surface area contributed by atoms with E-state index in [0.717, 1.165) is 42.4 Å². The lowest BCUT2D eigenvalue weighted by molar-refractivity contribution is 0.147. The molecule has 2 aliphatic rings. The first-order valence-electron chi connectivity index (χ1n) is 9.82. The number of hydrogen-bond donors (Lipinski definition) is 2. The zero-order valence-corrected chi connectivity index (χ0v) is 17.7. The fourth-order valence-electron chi connectivity index (χ4n) is 4.39. The largest absolute Gasteiger partial charge is 0.490 e. The Morgan fingerprint density at radius 2 is 1.90 bits per heavy atom. The van der Waals surface area contributed by atoms with Gasteiger partial charge < -0.3 is 21.0 Å². The Bertz CT molecular complexity index is 968. The van der Waals surface area contributed by atoms with Crippen molar-refractivity contribution in [3.63, 3.8) is 0 Å². The Hall–Kier alpha value is -2.38. The lowest BCUT2D eigenvalue weighted by Gasteiger charge is -2.35. The standard InChI is InChI=1S/C21H26ClN5O2/c1-21(2)17-18(25-10-26-20(17)24)16-14(19(21)27-28-3)8-13(9-15(16)22)29-12-6-4-11(23)5-7-12/h8-12H,4-7,23H2,1-3H3,(H2,24,25,26)/b27-19+/t11-,12-. The second-order valence-corrected chi connectivity index (χ2v) is 8.62. The van der Waals surface area contributed by atoms with Crippen LogP contribution < -0.4 is 16.2 Å². The number of oxime groups is 1. The van der Waals surface area contributed by atoms with Crippen LogP contribution in [0.25, 0.3) is 11.3 Å². The van der Waals surface area contributed by atoms with E-state index in [-0.39, 0.29) is 12.1 Å². The summed E-state index contributed by atoms with van der Waals surface area (Å²) in [5, 5.41) is 4.86. The highest BCUT2D eigenvalue weighted by Gasteiger charge is 2.42. The molecule has 1 saturated carbocycles. The van der Waals surface area contributed by atoms with Gasteiger partial charge in [0.15, 0.2) is 0 Å². The number of nitrogen functional groups attached to an aromatic ring is 1. The molecule has 7 nitrogen and oxygen atoms in total. The van der Waals surface area contributed by atoms with Crippen molar-refractivity contribution in [3.8, 4) is 17.0 Å². The molecule has 4 N–H and O–H groups in total. The first-order valence-corrected chi connectivity index (χ1v) is 10.2. The second kappa shape index (κ2) is 7.46. The fourth-order valence-corrected chi connectivity index (χ4v) is 4.69. The van der Waals surface area contributed by atoms with Crippen LogP contribution in [0.4, 0.5) is 5.82 Å². The first kappa shape index (κ1) is 19.9. The van der Waals surface area contributed by atoms with Gasteiger partial charge in [0.25, 0.3) is 0 Å². The van der Waals surface area contributed by atoms with Crippen LogP contribution in [-0.2, 0) is 10.3 Å². The monoisotopic (exact) mass is 415 g/mol. The summed E-state index contributed by atoms with van der Waals surface area (Å²) >= 11 is 6.73. The maximum atomic E-state index is 6.73. The molecule has 154 valence electrons. The maximum absolute atomic E-state index is 6.73. The van der Waals surface area contributed by atoms with Crippen LogP contribution in [0, 0.1) is 0 Å². The second-order valence-electron chi connectivity index (χ2n) is 8.21. The molecule has 1 fully saturated rings. The Morgan fingerprint density at radius 3 is 2.59 bits per heavy atom. The molecule has 0 unspecified atom stereocenters. The minimum absolute atomic E-state index is 0.133. The molecule has 4 rings (SSSR count). The number of benzene rings is 1. The van der Waals surface area contributed by atoms with E-state index < -0.39 is 5.41 Å². The molecule has 1 aromatic heterocycles. The van der Waals surface area contributed by atoms with Crippen LogP contribution >= 0.6 is 11.6 Å². The summed E-state index contributed by atoms with van der Waals surface area (Å²) in [4.78, 5) is 13.9. The Morgan fingerprint density at radius 1 is 1.17 bits per heavy atom. The summed E-state index contributed by atoms with van der Waals surface area (Å²) in [5.74, 6) is 1.11. The van der Waals surface area contributed by atoms with E-state index >= 15 is 0 Å². The molecule has 8 heteroatoms. The van der Waals surface area contributed by atoms with Crippen molar-refractivity contribution in [2.45, 2.75) is 57.1 Å². The van der Waals surface area contributed by atoms with Crippen LogP contribution in [0.1, 0.15) is 50.7 Å². The van der Waals surface area contributed by atoms with Crippen LogP contribution in [0.3, 0.4) is 0 Å². The van der Waals surface area contributed by atoms with Gasteiger partial charge >= 0.3 is 0 Å². The minimum atomic E-state index is -0.566. The van der Waals surface area contributed by atoms with Crippen LogP contribution in [0.15, 0.2) is 23.6 Å². The Balaban J connectivity index is 1.84. The normalized spacial score (nSPS) is 24.0. The molecular weight excluding hydrogens is 390 g/mol. The van der Waals surface area contributed by atoms with Crippen LogP contribution in [-0.4, -0.2) is 34.9 Å².